The molecule has 1 saturated heterocycles. The van der Waals surface area contributed by atoms with Gasteiger partial charge in [0.15, 0.2) is 4.32 Å². The highest BCUT2D eigenvalue weighted by Crippen LogP contribution is 2.38. The standard InChI is InChI=1S/C24H17ClFNO3S2/c1-29-20-9-7-19(8-10-20)27-23(28)22(32-24(27)31)13-16-12-17(25)4-11-21(16)30-14-15-2-5-18(26)6-3-15/h2-13H,14H2,1H3/b22-13-. The second-order valence-corrected chi connectivity index (χ2v) is 8.92. The molecule has 0 aromatic heterocycles. The van der Waals surface area contributed by atoms with E-state index in [0.717, 1.165) is 5.56 Å². The molecule has 1 aliphatic rings. The lowest BCUT2D eigenvalue weighted by molar-refractivity contribution is -0.113. The van der Waals surface area contributed by atoms with E-state index < -0.39 is 0 Å². The third kappa shape index (κ3) is 4.96. The van der Waals surface area contributed by atoms with Gasteiger partial charge in [-0.2, -0.15) is 0 Å². The Hall–Kier alpha value is -2.87. The van der Waals surface area contributed by atoms with E-state index in [1.165, 1.54) is 28.8 Å². The maximum atomic E-state index is 13.1. The van der Waals surface area contributed by atoms with Gasteiger partial charge in [-0.15, -0.1) is 0 Å². The average molecular weight is 486 g/mol. The minimum Gasteiger partial charge on any atom is -0.497 e. The maximum absolute atomic E-state index is 13.1. The second-order valence-electron chi connectivity index (χ2n) is 6.81. The third-order valence-corrected chi connectivity index (χ3v) is 6.23. The number of thiocarbonyl (C=S) groups is 1. The number of amides is 1. The Morgan fingerprint density at radius 2 is 1.81 bits per heavy atom. The van der Waals surface area contributed by atoms with Crippen molar-refractivity contribution in [1.29, 1.82) is 0 Å². The van der Waals surface area contributed by atoms with Crippen molar-refractivity contribution < 1.29 is 18.7 Å². The molecule has 4 rings (SSSR count). The van der Waals surface area contributed by atoms with Crippen LogP contribution in [0.25, 0.3) is 6.08 Å². The minimum absolute atomic E-state index is 0.227. The lowest BCUT2D eigenvalue weighted by atomic mass is 10.1. The summed E-state index contributed by atoms with van der Waals surface area (Å²) < 4.78 is 24.7. The lowest BCUT2D eigenvalue weighted by Crippen LogP contribution is -2.27. The van der Waals surface area contributed by atoms with E-state index >= 15 is 0 Å². The number of ether oxygens (including phenoxy) is 2. The highest BCUT2D eigenvalue weighted by molar-refractivity contribution is 8.27. The Bertz CT molecular complexity index is 1200. The van der Waals surface area contributed by atoms with Crippen molar-refractivity contribution in [3.63, 3.8) is 0 Å². The van der Waals surface area contributed by atoms with Gasteiger partial charge in [0.1, 0.15) is 23.9 Å². The Morgan fingerprint density at radius 3 is 2.50 bits per heavy atom. The summed E-state index contributed by atoms with van der Waals surface area (Å²) in [4.78, 5) is 15.0. The fourth-order valence-corrected chi connectivity index (χ4v) is 4.54. The van der Waals surface area contributed by atoms with Gasteiger partial charge in [0, 0.05) is 10.6 Å². The van der Waals surface area contributed by atoms with E-state index in [9.17, 15) is 9.18 Å². The molecule has 1 fully saturated rings. The van der Waals surface area contributed by atoms with E-state index in [4.69, 9.17) is 33.3 Å². The Morgan fingerprint density at radius 1 is 1.09 bits per heavy atom. The summed E-state index contributed by atoms with van der Waals surface area (Å²) >= 11 is 12.8. The highest BCUT2D eigenvalue weighted by atomic mass is 35.5. The van der Waals surface area contributed by atoms with Gasteiger partial charge in [0.25, 0.3) is 5.91 Å². The van der Waals surface area contributed by atoms with Crippen LogP contribution < -0.4 is 14.4 Å². The molecule has 0 aliphatic carbocycles. The molecule has 0 bridgehead atoms. The van der Waals surface area contributed by atoms with Crippen molar-refractivity contribution in [2.24, 2.45) is 0 Å². The smallest absolute Gasteiger partial charge is 0.270 e. The summed E-state index contributed by atoms with van der Waals surface area (Å²) in [5, 5.41) is 0.510. The van der Waals surface area contributed by atoms with E-state index in [-0.39, 0.29) is 18.3 Å². The topological polar surface area (TPSA) is 38.8 Å². The first-order chi connectivity index (χ1) is 15.4. The van der Waals surface area contributed by atoms with E-state index in [2.05, 4.69) is 0 Å². The number of thioether (sulfide) groups is 1. The van der Waals surface area contributed by atoms with Crippen LogP contribution >= 0.6 is 35.6 Å². The van der Waals surface area contributed by atoms with Crippen LogP contribution in [0.5, 0.6) is 11.5 Å². The van der Waals surface area contributed by atoms with Crippen molar-refractivity contribution in [3.05, 3.63) is 93.6 Å². The fraction of sp³-hybridized carbons (Fsp3) is 0.0833. The largest absolute Gasteiger partial charge is 0.497 e. The van der Waals surface area contributed by atoms with Crippen molar-refractivity contribution >= 4 is 57.6 Å². The van der Waals surface area contributed by atoms with E-state index in [1.54, 1.807) is 67.8 Å². The van der Waals surface area contributed by atoms with E-state index in [1.807, 2.05) is 0 Å². The number of halogens is 2. The van der Waals surface area contributed by atoms with Gasteiger partial charge in [-0.3, -0.25) is 9.69 Å². The zero-order valence-corrected chi connectivity index (χ0v) is 19.3. The summed E-state index contributed by atoms with van der Waals surface area (Å²) in [7, 11) is 1.58. The van der Waals surface area contributed by atoms with Crippen molar-refractivity contribution in [2.45, 2.75) is 6.61 Å². The molecule has 0 spiro atoms. The molecule has 4 nitrogen and oxygen atoms in total. The number of rotatable bonds is 6. The van der Waals surface area contributed by atoms with Crippen LogP contribution in [0.3, 0.4) is 0 Å². The Kier molecular flexibility index (Phi) is 6.79. The molecule has 1 aliphatic heterocycles. The Balaban J connectivity index is 1.58. The van der Waals surface area contributed by atoms with E-state index in [0.29, 0.717) is 37.0 Å². The van der Waals surface area contributed by atoms with Gasteiger partial charge in [-0.25, -0.2) is 4.39 Å². The van der Waals surface area contributed by atoms with Crippen molar-refractivity contribution in [1.82, 2.24) is 0 Å². The number of anilines is 1. The lowest BCUT2D eigenvalue weighted by Gasteiger charge is -2.14. The van der Waals surface area contributed by atoms with Gasteiger partial charge in [-0.05, 0) is 66.2 Å². The van der Waals surface area contributed by atoms with Gasteiger partial charge in [-0.1, -0.05) is 47.7 Å². The van der Waals surface area contributed by atoms with Crippen LogP contribution in [0.2, 0.25) is 5.02 Å². The first-order valence-corrected chi connectivity index (χ1v) is 11.1. The van der Waals surface area contributed by atoms with Crippen LogP contribution in [0, 0.1) is 5.82 Å². The van der Waals surface area contributed by atoms with Crippen LogP contribution in [-0.4, -0.2) is 17.3 Å². The summed E-state index contributed by atoms with van der Waals surface area (Å²) in [6.45, 7) is 0.246. The molecule has 32 heavy (non-hydrogen) atoms. The molecule has 0 radical (unpaired) electrons. The predicted octanol–water partition coefficient (Wildman–Crippen LogP) is 6.47. The molecule has 3 aromatic rings. The first kappa shape index (κ1) is 22.3. The van der Waals surface area contributed by atoms with Gasteiger partial charge in [0.2, 0.25) is 0 Å². The monoisotopic (exact) mass is 485 g/mol. The number of hydrogen-bond acceptors (Lipinski definition) is 5. The average Bonchev–Trinajstić information content (AvgIpc) is 3.07. The molecule has 8 heteroatoms. The molecule has 0 atom stereocenters. The molecule has 0 N–H and O–H groups in total. The van der Waals surface area contributed by atoms with Crippen LogP contribution in [0.1, 0.15) is 11.1 Å². The molecule has 0 saturated carbocycles. The highest BCUT2D eigenvalue weighted by Gasteiger charge is 2.33. The molecule has 0 unspecified atom stereocenters. The van der Waals surface area contributed by atoms with Crippen LogP contribution in [0.15, 0.2) is 71.6 Å². The molecular weight excluding hydrogens is 469 g/mol. The molecular formula is C24H17ClFNO3S2. The third-order valence-electron chi connectivity index (χ3n) is 4.69. The molecule has 162 valence electrons. The quantitative estimate of drug-likeness (QED) is 0.295. The molecule has 1 amide bonds. The molecule has 3 aromatic carbocycles. The predicted molar refractivity (Wildman–Crippen MR) is 131 cm³/mol. The number of nitrogens with zero attached hydrogens (tertiary/aromatic N) is 1. The zero-order valence-electron chi connectivity index (χ0n) is 16.9. The van der Waals surface area contributed by atoms with Gasteiger partial charge < -0.3 is 9.47 Å². The zero-order chi connectivity index (χ0) is 22.7. The van der Waals surface area contributed by atoms with Crippen LogP contribution in [0.4, 0.5) is 10.1 Å². The second kappa shape index (κ2) is 9.73. The van der Waals surface area contributed by atoms with Gasteiger partial charge in [0.05, 0.1) is 17.7 Å². The molecule has 1 heterocycles. The number of carbonyl (C=O) groups excluding carboxylic acids is 1. The number of hydrogen-bond donors (Lipinski definition) is 0. The van der Waals surface area contributed by atoms with Crippen molar-refractivity contribution in [2.75, 3.05) is 12.0 Å². The minimum atomic E-state index is -0.306. The fourth-order valence-electron chi connectivity index (χ4n) is 3.07. The first-order valence-electron chi connectivity index (χ1n) is 9.53. The van der Waals surface area contributed by atoms with Gasteiger partial charge >= 0.3 is 0 Å². The maximum Gasteiger partial charge on any atom is 0.270 e. The van der Waals surface area contributed by atoms with Crippen molar-refractivity contribution in [3.8, 4) is 11.5 Å². The SMILES string of the molecule is COc1ccc(N2C(=O)/C(=C/c3cc(Cl)ccc3OCc3ccc(F)cc3)SC2=S)cc1. The Labute approximate surface area is 199 Å². The number of carbonyl (C=O) groups is 1. The summed E-state index contributed by atoms with van der Waals surface area (Å²) in [6, 6.07) is 18.4. The number of benzene rings is 3. The normalized spacial score (nSPS) is 14.8. The summed E-state index contributed by atoms with van der Waals surface area (Å²) in [5.74, 6) is 0.708. The summed E-state index contributed by atoms with van der Waals surface area (Å²) in [5.41, 5.74) is 2.13. The summed E-state index contributed by atoms with van der Waals surface area (Å²) in [6.07, 6.45) is 1.72. The number of methoxy groups -OCH3 is 1. The van der Waals surface area contributed by atoms with Crippen LogP contribution in [-0.2, 0) is 11.4 Å².